The monoisotopic (exact) mass is 413 g/mol. The Morgan fingerprint density at radius 3 is 2.90 bits per heavy atom. The predicted molar refractivity (Wildman–Crippen MR) is 127 cm³/mol. The van der Waals surface area contributed by atoms with Crippen LogP contribution in [-0.4, -0.2) is 34.1 Å². The van der Waals surface area contributed by atoms with Gasteiger partial charge in [0.2, 0.25) is 0 Å². The summed E-state index contributed by atoms with van der Waals surface area (Å²) in [6.45, 7) is 3.31. The highest BCUT2D eigenvalue weighted by atomic mass is 16.5. The van der Waals surface area contributed by atoms with E-state index < -0.39 is 0 Å². The number of nitrogens with zero attached hydrogens (tertiary/aromatic N) is 2. The predicted octanol–water partition coefficient (Wildman–Crippen LogP) is 4.51. The van der Waals surface area contributed by atoms with E-state index in [9.17, 15) is 0 Å². The van der Waals surface area contributed by atoms with E-state index in [4.69, 9.17) is 10.5 Å². The fourth-order valence-corrected chi connectivity index (χ4v) is 3.47. The first-order chi connectivity index (χ1) is 15.2. The molecule has 4 rings (SSSR count). The van der Waals surface area contributed by atoms with Crippen molar-refractivity contribution >= 4 is 28.9 Å². The molecule has 0 spiro atoms. The van der Waals surface area contributed by atoms with E-state index in [0.29, 0.717) is 12.4 Å². The lowest BCUT2D eigenvalue weighted by Crippen LogP contribution is -2.30. The van der Waals surface area contributed by atoms with Crippen LogP contribution in [0.5, 0.6) is 5.75 Å². The molecule has 0 aliphatic heterocycles. The normalized spacial score (nSPS) is 12.3. The van der Waals surface area contributed by atoms with Crippen molar-refractivity contribution in [1.82, 2.24) is 15.0 Å². The Morgan fingerprint density at radius 1 is 1.13 bits per heavy atom. The second kappa shape index (κ2) is 9.91. The number of hydrogen-bond acceptors (Lipinski definition) is 5. The molecule has 4 N–H and O–H groups in total. The Hall–Kier alpha value is -3.64. The van der Waals surface area contributed by atoms with Gasteiger partial charge in [-0.05, 0) is 54.3 Å². The van der Waals surface area contributed by atoms with Crippen molar-refractivity contribution in [2.24, 2.45) is 5.73 Å². The molecule has 0 saturated heterocycles. The lowest BCUT2D eigenvalue weighted by Gasteiger charge is -2.13. The number of benzene rings is 1. The van der Waals surface area contributed by atoms with E-state index in [1.165, 1.54) is 10.9 Å². The molecule has 0 fully saturated rings. The smallest absolute Gasteiger partial charge is 0.138 e. The average molecular weight is 414 g/mol. The van der Waals surface area contributed by atoms with Gasteiger partial charge in [-0.3, -0.25) is 4.98 Å². The zero-order valence-electron chi connectivity index (χ0n) is 17.6. The maximum absolute atomic E-state index is 6.33. The maximum atomic E-state index is 6.33. The van der Waals surface area contributed by atoms with Gasteiger partial charge < -0.3 is 20.8 Å². The molecule has 0 radical (unpaired) electrons. The molecular formula is C25H27N5O. The molecule has 6 nitrogen and oxygen atoms in total. The molecule has 3 heterocycles. The molecule has 3 aromatic heterocycles. The standard InChI is InChI=1S/C25H27N5O/c1-2-28-25-12-18(9-10-29-25)7-8-19-11-22(16-27-14-19)31-17-21(26)13-20-15-30-24-6-4-3-5-23(20)24/h3-12,14-16,21,30H,2,13,17,26H2,1H3,(H,28,29)/t21-/m0/s1. The molecule has 158 valence electrons. The van der Waals surface area contributed by atoms with Crippen LogP contribution < -0.4 is 15.8 Å². The fraction of sp³-hybridized carbons (Fsp3) is 0.200. The first-order valence-electron chi connectivity index (χ1n) is 10.5. The number of nitrogens with one attached hydrogen (secondary N) is 2. The van der Waals surface area contributed by atoms with Gasteiger partial charge in [0.15, 0.2) is 0 Å². The molecule has 0 unspecified atom stereocenters. The van der Waals surface area contributed by atoms with Crippen molar-refractivity contribution < 1.29 is 4.74 Å². The van der Waals surface area contributed by atoms with Gasteiger partial charge in [0.1, 0.15) is 18.2 Å². The number of aromatic amines is 1. The summed E-state index contributed by atoms with van der Waals surface area (Å²) in [5.74, 6) is 1.57. The first-order valence-corrected chi connectivity index (χ1v) is 10.5. The van der Waals surface area contributed by atoms with Gasteiger partial charge in [-0.2, -0.15) is 0 Å². The van der Waals surface area contributed by atoms with Crippen molar-refractivity contribution in [2.75, 3.05) is 18.5 Å². The van der Waals surface area contributed by atoms with Crippen LogP contribution >= 0.6 is 0 Å². The maximum Gasteiger partial charge on any atom is 0.138 e. The van der Waals surface area contributed by atoms with Gasteiger partial charge >= 0.3 is 0 Å². The SMILES string of the molecule is CCNc1cc(C=Cc2cncc(OC[C@@H](N)Cc3c[nH]c4ccccc34)c2)ccn1. The minimum absolute atomic E-state index is 0.111. The van der Waals surface area contributed by atoms with E-state index >= 15 is 0 Å². The Labute approximate surface area is 182 Å². The second-order valence-electron chi connectivity index (χ2n) is 7.43. The summed E-state index contributed by atoms with van der Waals surface area (Å²) in [6.07, 6.45) is 12.1. The minimum atomic E-state index is -0.111. The molecule has 4 aromatic rings. The highest BCUT2D eigenvalue weighted by Gasteiger charge is 2.10. The molecule has 0 aliphatic rings. The number of aromatic nitrogens is 3. The minimum Gasteiger partial charge on any atom is -0.490 e. The van der Waals surface area contributed by atoms with Gasteiger partial charge in [-0.15, -0.1) is 0 Å². The van der Waals surface area contributed by atoms with Crippen LogP contribution in [0, 0.1) is 0 Å². The van der Waals surface area contributed by atoms with Crippen LogP contribution in [0.1, 0.15) is 23.6 Å². The number of pyridine rings is 2. The van der Waals surface area contributed by atoms with Gasteiger partial charge in [-0.1, -0.05) is 30.4 Å². The van der Waals surface area contributed by atoms with Crippen LogP contribution in [0.4, 0.5) is 5.82 Å². The largest absolute Gasteiger partial charge is 0.490 e. The summed E-state index contributed by atoms with van der Waals surface area (Å²) < 4.78 is 5.92. The first kappa shape index (κ1) is 20.6. The van der Waals surface area contributed by atoms with Crippen molar-refractivity contribution in [3.63, 3.8) is 0 Å². The number of ether oxygens (including phenoxy) is 1. The summed E-state index contributed by atoms with van der Waals surface area (Å²) in [6, 6.07) is 14.1. The lowest BCUT2D eigenvalue weighted by atomic mass is 10.1. The lowest BCUT2D eigenvalue weighted by molar-refractivity contribution is 0.287. The number of hydrogen-bond donors (Lipinski definition) is 3. The Bertz CT molecular complexity index is 1170. The summed E-state index contributed by atoms with van der Waals surface area (Å²) >= 11 is 0. The number of fused-ring (bicyclic) bond motifs is 1. The third-order valence-corrected chi connectivity index (χ3v) is 4.97. The molecule has 0 amide bonds. The zero-order valence-corrected chi connectivity index (χ0v) is 17.6. The van der Waals surface area contributed by atoms with E-state index in [-0.39, 0.29) is 6.04 Å². The number of H-pyrrole nitrogens is 1. The number of para-hydroxylation sites is 1. The van der Waals surface area contributed by atoms with Crippen LogP contribution in [-0.2, 0) is 6.42 Å². The third kappa shape index (κ3) is 5.49. The van der Waals surface area contributed by atoms with Crippen molar-refractivity contribution in [3.8, 4) is 5.75 Å². The topological polar surface area (TPSA) is 88.9 Å². The number of rotatable bonds is 9. The second-order valence-corrected chi connectivity index (χ2v) is 7.43. The van der Waals surface area contributed by atoms with Crippen molar-refractivity contribution in [3.05, 3.63) is 83.9 Å². The highest BCUT2D eigenvalue weighted by molar-refractivity contribution is 5.83. The van der Waals surface area contributed by atoms with Crippen LogP contribution in [0.2, 0.25) is 0 Å². The molecule has 1 aromatic carbocycles. The Balaban J connectivity index is 1.35. The van der Waals surface area contributed by atoms with E-state index in [1.807, 2.05) is 61.8 Å². The zero-order chi connectivity index (χ0) is 21.5. The van der Waals surface area contributed by atoms with Gasteiger partial charge in [0.25, 0.3) is 0 Å². The molecule has 0 saturated carbocycles. The van der Waals surface area contributed by atoms with Gasteiger partial charge in [0.05, 0.1) is 6.20 Å². The number of nitrogens with two attached hydrogens (primary N) is 1. The molecule has 6 heteroatoms. The summed E-state index contributed by atoms with van der Waals surface area (Å²) in [4.78, 5) is 11.9. The van der Waals surface area contributed by atoms with Crippen molar-refractivity contribution in [2.45, 2.75) is 19.4 Å². The van der Waals surface area contributed by atoms with E-state index in [1.54, 1.807) is 12.4 Å². The summed E-state index contributed by atoms with van der Waals surface area (Å²) in [5.41, 5.74) is 10.7. The van der Waals surface area contributed by atoms with Crippen LogP contribution in [0.3, 0.4) is 0 Å². The molecule has 1 atom stereocenters. The average Bonchev–Trinajstić information content (AvgIpc) is 3.20. The molecular weight excluding hydrogens is 386 g/mol. The Morgan fingerprint density at radius 2 is 2.00 bits per heavy atom. The Kier molecular flexibility index (Phi) is 6.59. The third-order valence-electron chi connectivity index (χ3n) is 4.97. The van der Waals surface area contributed by atoms with Gasteiger partial charge in [-0.25, -0.2) is 4.98 Å². The number of anilines is 1. The molecule has 0 bridgehead atoms. The van der Waals surface area contributed by atoms with E-state index in [0.717, 1.165) is 35.4 Å². The summed E-state index contributed by atoms with van der Waals surface area (Å²) in [5, 5.41) is 4.43. The quantitative estimate of drug-likeness (QED) is 0.376. The fourth-order valence-electron chi connectivity index (χ4n) is 3.47. The van der Waals surface area contributed by atoms with Gasteiger partial charge in [0, 0.05) is 42.1 Å². The van der Waals surface area contributed by atoms with Crippen LogP contribution in [0.15, 0.2) is 67.3 Å². The summed E-state index contributed by atoms with van der Waals surface area (Å²) in [7, 11) is 0. The van der Waals surface area contributed by atoms with Crippen molar-refractivity contribution in [1.29, 1.82) is 0 Å². The molecule has 31 heavy (non-hydrogen) atoms. The van der Waals surface area contributed by atoms with Crippen LogP contribution in [0.25, 0.3) is 23.1 Å². The highest BCUT2D eigenvalue weighted by Crippen LogP contribution is 2.20. The van der Waals surface area contributed by atoms with E-state index in [2.05, 4.69) is 32.4 Å². The molecule has 0 aliphatic carbocycles.